The molecule has 0 spiro atoms. The fourth-order valence-corrected chi connectivity index (χ4v) is 1.60. The van der Waals surface area contributed by atoms with Crippen LogP contribution in [0.4, 0.5) is 10.7 Å². The number of hydrogen-bond acceptors (Lipinski definition) is 4. The number of carbonyl (C=O) groups excluding carboxylic acids is 2. The first-order valence-corrected chi connectivity index (χ1v) is 5.53. The number of amides is 1. The Morgan fingerprint density at radius 1 is 1.39 bits per heavy atom. The first-order valence-electron chi connectivity index (χ1n) is 5.53. The van der Waals surface area contributed by atoms with Crippen molar-refractivity contribution in [3.63, 3.8) is 0 Å². The molecule has 18 heavy (non-hydrogen) atoms. The Kier molecular flexibility index (Phi) is 3.27. The zero-order valence-corrected chi connectivity index (χ0v) is 10.1. The van der Waals surface area contributed by atoms with E-state index >= 15 is 0 Å². The minimum absolute atomic E-state index is 0.176. The van der Waals surface area contributed by atoms with Gasteiger partial charge in [0.05, 0.1) is 18.1 Å². The van der Waals surface area contributed by atoms with E-state index in [-0.39, 0.29) is 11.9 Å². The summed E-state index contributed by atoms with van der Waals surface area (Å²) in [6.45, 7) is 1.72. The van der Waals surface area contributed by atoms with E-state index < -0.39 is 6.09 Å². The van der Waals surface area contributed by atoms with Gasteiger partial charge in [-0.1, -0.05) is 19.1 Å². The van der Waals surface area contributed by atoms with Gasteiger partial charge in [0.1, 0.15) is 0 Å². The van der Waals surface area contributed by atoms with Gasteiger partial charge in [0, 0.05) is 6.42 Å². The summed E-state index contributed by atoms with van der Waals surface area (Å²) in [6, 6.07) is 7.09. The summed E-state index contributed by atoms with van der Waals surface area (Å²) in [6.07, 6.45) is -0.278. The average molecular weight is 247 g/mol. The highest BCUT2D eigenvalue weighted by atomic mass is 16.5. The van der Waals surface area contributed by atoms with Crippen molar-refractivity contribution >= 4 is 29.0 Å². The van der Waals surface area contributed by atoms with Crippen LogP contribution in [0.1, 0.15) is 13.3 Å². The molecule has 2 rings (SSSR count). The van der Waals surface area contributed by atoms with Gasteiger partial charge in [-0.15, -0.1) is 0 Å². The summed E-state index contributed by atoms with van der Waals surface area (Å²) in [5, 5.41) is 2.58. The summed E-state index contributed by atoms with van der Waals surface area (Å²) < 4.78 is 5.93. The molecule has 1 aromatic heterocycles. The lowest BCUT2D eigenvalue weighted by molar-refractivity contribution is -0.115. The SMILES string of the molecule is CCC(=O)Nc1nc2ccccc2n1C(=O)OC. The van der Waals surface area contributed by atoms with Gasteiger partial charge in [-0.25, -0.2) is 14.3 Å². The van der Waals surface area contributed by atoms with Crippen molar-refractivity contribution in [3.05, 3.63) is 24.3 Å². The first-order chi connectivity index (χ1) is 8.67. The van der Waals surface area contributed by atoms with Crippen LogP contribution < -0.4 is 5.32 Å². The number of ether oxygens (including phenoxy) is 1. The van der Waals surface area contributed by atoms with Gasteiger partial charge in [-0.2, -0.15) is 0 Å². The van der Waals surface area contributed by atoms with Crippen LogP contribution in [0.3, 0.4) is 0 Å². The number of aromatic nitrogens is 2. The van der Waals surface area contributed by atoms with E-state index in [0.29, 0.717) is 17.5 Å². The molecule has 0 saturated carbocycles. The van der Waals surface area contributed by atoms with Crippen LogP contribution in [0.25, 0.3) is 11.0 Å². The summed E-state index contributed by atoms with van der Waals surface area (Å²) in [7, 11) is 1.28. The highest BCUT2D eigenvalue weighted by molar-refractivity contribution is 5.96. The molecule has 2 aromatic rings. The Morgan fingerprint density at radius 3 is 2.78 bits per heavy atom. The molecule has 0 radical (unpaired) electrons. The number of fused-ring (bicyclic) bond motifs is 1. The Bertz CT molecular complexity index is 604. The molecular weight excluding hydrogens is 234 g/mol. The molecule has 1 aromatic carbocycles. The maximum atomic E-state index is 11.7. The van der Waals surface area contributed by atoms with Gasteiger partial charge in [-0.3, -0.25) is 10.1 Å². The van der Waals surface area contributed by atoms with Crippen molar-refractivity contribution in [2.75, 3.05) is 12.4 Å². The molecule has 0 aliphatic rings. The minimum Gasteiger partial charge on any atom is -0.452 e. The van der Waals surface area contributed by atoms with Crippen LogP contribution in [-0.2, 0) is 9.53 Å². The van der Waals surface area contributed by atoms with Gasteiger partial charge >= 0.3 is 6.09 Å². The standard InChI is InChI=1S/C12H13N3O3/c1-3-10(16)14-11-13-8-6-4-5-7-9(8)15(11)12(17)18-2/h4-7H,3H2,1-2H3,(H,13,14,16). The number of hydrogen-bond donors (Lipinski definition) is 1. The Balaban J connectivity index is 2.57. The summed E-state index contributed by atoms with van der Waals surface area (Å²) in [5.74, 6) is -0.0367. The van der Waals surface area contributed by atoms with Crippen LogP contribution >= 0.6 is 0 Å². The summed E-state index contributed by atoms with van der Waals surface area (Å²) >= 11 is 0. The number of nitrogens with zero attached hydrogens (tertiary/aromatic N) is 2. The smallest absolute Gasteiger partial charge is 0.421 e. The second-order valence-electron chi connectivity index (χ2n) is 3.63. The van der Waals surface area contributed by atoms with Crippen molar-refractivity contribution in [3.8, 4) is 0 Å². The molecule has 6 nitrogen and oxygen atoms in total. The number of carbonyl (C=O) groups is 2. The molecule has 0 unspecified atom stereocenters. The number of benzene rings is 1. The lowest BCUT2D eigenvalue weighted by Crippen LogP contribution is -2.19. The van der Waals surface area contributed by atoms with E-state index in [1.165, 1.54) is 11.7 Å². The van der Waals surface area contributed by atoms with Gasteiger partial charge in [-0.05, 0) is 12.1 Å². The number of nitrogens with one attached hydrogen (secondary N) is 1. The number of imidazole rings is 1. The normalized spacial score (nSPS) is 10.3. The quantitative estimate of drug-likeness (QED) is 0.880. The molecule has 94 valence electrons. The predicted molar refractivity (Wildman–Crippen MR) is 66.5 cm³/mol. The van der Waals surface area contributed by atoms with E-state index in [4.69, 9.17) is 4.74 Å². The van der Waals surface area contributed by atoms with Crippen LogP contribution in [-0.4, -0.2) is 28.7 Å². The largest absolute Gasteiger partial charge is 0.452 e. The maximum absolute atomic E-state index is 11.7. The Hall–Kier alpha value is -2.37. The molecule has 0 atom stereocenters. The van der Waals surface area contributed by atoms with Crippen molar-refractivity contribution in [1.29, 1.82) is 0 Å². The van der Waals surface area contributed by atoms with E-state index in [2.05, 4.69) is 10.3 Å². The lowest BCUT2D eigenvalue weighted by atomic mass is 10.3. The Morgan fingerprint density at radius 2 is 2.11 bits per heavy atom. The number of rotatable bonds is 2. The molecule has 1 N–H and O–H groups in total. The third-order valence-electron chi connectivity index (χ3n) is 2.49. The third kappa shape index (κ3) is 2.04. The highest BCUT2D eigenvalue weighted by Gasteiger charge is 2.17. The van der Waals surface area contributed by atoms with Gasteiger partial charge in [0.2, 0.25) is 11.9 Å². The van der Waals surface area contributed by atoms with Gasteiger partial charge in [0.25, 0.3) is 0 Å². The molecule has 1 amide bonds. The minimum atomic E-state index is -0.588. The third-order valence-corrected chi connectivity index (χ3v) is 2.49. The first kappa shape index (κ1) is 12.1. The fourth-order valence-electron chi connectivity index (χ4n) is 1.60. The number of methoxy groups -OCH3 is 1. The summed E-state index contributed by atoms with van der Waals surface area (Å²) in [4.78, 5) is 27.3. The molecule has 0 aliphatic heterocycles. The zero-order chi connectivity index (χ0) is 13.1. The van der Waals surface area contributed by atoms with Crippen LogP contribution in [0, 0.1) is 0 Å². The second kappa shape index (κ2) is 4.87. The molecule has 0 fully saturated rings. The molecule has 0 bridgehead atoms. The Labute approximate surface area is 104 Å². The van der Waals surface area contributed by atoms with Crippen molar-refractivity contribution in [2.45, 2.75) is 13.3 Å². The van der Waals surface area contributed by atoms with E-state index in [1.807, 2.05) is 6.07 Å². The highest BCUT2D eigenvalue weighted by Crippen LogP contribution is 2.19. The second-order valence-corrected chi connectivity index (χ2v) is 3.63. The fraction of sp³-hybridized carbons (Fsp3) is 0.250. The molecule has 0 saturated heterocycles. The van der Waals surface area contributed by atoms with Crippen LogP contribution in [0.2, 0.25) is 0 Å². The molecule has 6 heteroatoms. The molecule has 0 aliphatic carbocycles. The van der Waals surface area contributed by atoms with E-state index in [9.17, 15) is 9.59 Å². The monoisotopic (exact) mass is 247 g/mol. The van der Waals surface area contributed by atoms with Crippen LogP contribution in [0.5, 0.6) is 0 Å². The molecule has 1 heterocycles. The van der Waals surface area contributed by atoms with E-state index in [0.717, 1.165) is 0 Å². The van der Waals surface area contributed by atoms with Gasteiger partial charge in [0.15, 0.2) is 0 Å². The van der Waals surface area contributed by atoms with Crippen molar-refractivity contribution < 1.29 is 14.3 Å². The molecular formula is C12H13N3O3. The zero-order valence-electron chi connectivity index (χ0n) is 10.1. The van der Waals surface area contributed by atoms with Gasteiger partial charge < -0.3 is 4.74 Å². The van der Waals surface area contributed by atoms with Crippen molar-refractivity contribution in [2.24, 2.45) is 0 Å². The lowest BCUT2D eigenvalue weighted by Gasteiger charge is -2.06. The summed E-state index contributed by atoms with van der Waals surface area (Å²) in [5.41, 5.74) is 1.21. The average Bonchev–Trinajstić information content (AvgIpc) is 2.75. The topological polar surface area (TPSA) is 73.2 Å². The number of para-hydroxylation sites is 2. The van der Waals surface area contributed by atoms with E-state index in [1.54, 1.807) is 25.1 Å². The predicted octanol–water partition coefficient (Wildman–Crippen LogP) is 2.00. The number of anilines is 1. The van der Waals surface area contributed by atoms with Crippen LogP contribution in [0.15, 0.2) is 24.3 Å². The van der Waals surface area contributed by atoms with Crippen molar-refractivity contribution in [1.82, 2.24) is 9.55 Å². The maximum Gasteiger partial charge on any atom is 0.421 e.